The van der Waals surface area contributed by atoms with Crippen molar-refractivity contribution in [3.05, 3.63) is 11.5 Å². The summed E-state index contributed by atoms with van der Waals surface area (Å²) >= 11 is 6.72. The summed E-state index contributed by atoms with van der Waals surface area (Å²) in [7, 11) is 0. The van der Waals surface area contributed by atoms with Crippen molar-refractivity contribution >= 4 is 28.8 Å². The first-order valence-electron chi connectivity index (χ1n) is 2.16. The van der Waals surface area contributed by atoms with Gasteiger partial charge in [0, 0.05) is 10.1 Å². The maximum absolute atomic E-state index is 4.93. The van der Waals surface area contributed by atoms with Crippen LogP contribution in [0.15, 0.2) is 11.5 Å². The van der Waals surface area contributed by atoms with Crippen molar-refractivity contribution in [3.63, 3.8) is 0 Å². The minimum Gasteiger partial charge on any atom is -0.125 e. The summed E-state index contributed by atoms with van der Waals surface area (Å²) in [6.07, 6.45) is 1.99. The zero-order valence-electron chi connectivity index (χ0n) is 4.05. The van der Waals surface area contributed by atoms with Gasteiger partial charge in [0.1, 0.15) is 0 Å². The van der Waals surface area contributed by atoms with Crippen LogP contribution in [0, 0.1) is 0 Å². The molecule has 0 radical (unpaired) electrons. The van der Waals surface area contributed by atoms with Crippen LogP contribution in [0.1, 0.15) is 6.92 Å². The first-order valence-corrected chi connectivity index (χ1v) is 3.51. The van der Waals surface area contributed by atoms with Crippen molar-refractivity contribution in [1.82, 2.24) is 0 Å². The van der Waals surface area contributed by atoms with Crippen molar-refractivity contribution in [2.75, 3.05) is 0 Å². The van der Waals surface area contributed by atoms with E-state index >= 15 is 0 Å². The van der Waals surface area contributed by atoms with Crippen molar-refractivity contribution in [2.45, 2.75) is 12.2 Å². The number of rotatable bonds is 0. The summed E-state index contributed by atoms with van der Waals surface area (Å²) in [5, 5.41) is 2.60. The number of thiocarbonyl (C=S) groups is 1. The Kier molecular flexibility index (Phi) is 1.50. The van der Waals surface area contributed by atoms with E-state index in [2.05, 4.69) is 6.92 Å². The highest BCUT2D eigenvalue weighted by Gasteiger charge is 2.08. The van der Waals surface area contributed by atoms with E-state index in [1.54, 1.807) is 11.8 Å². The van der Waals surface area contributed by atoms with Crippen LogP contribution in [0.25, 0.3) is 0 Å². The third-order valence-corrected chi connectivity index (χ3v) is 2.51. The first kappa shape index (κ1) is 5.32. The molecule has 1 aliphatic rings. The largest absolute Gasteiger partial charge is 0.125 e. The Morgan fingerprint density at radius 2 is 2.57 bits per heavy atom. The summed E-state index contributed by atoms with van der Waals surface area (Å²) in [6.45, 7) is 2.12. The van der Waals surface area contributed by atoms with E-state index in [1.807, 2.05) is 11.5 Å². The fourth-order valence-electron chi connectivity index (χ4n) is 0.427. The van der Waals surface area contributed by atoms with Gasteiger partial charge in [-0.1, -0.05) is 12.2 Å². The molecule has 0 aromatic rings. The lowest BCUT2D eigenvalue weighted by Crippen LogP contribution is -1.99. The van der Waals surface area contributed by atoms with Crippen molar-refractivity contribution < 1.29 is 0 Å². The van der Waals surface area contributed by atoms with E-state index in [9.17, 15) is 0 Å². The molecule has 1 aliphatic heterocycles. The van der Waals surface area contributed by atoms with Gasteiger partial charge in [-0.3, -0.25) is 0 Å². The molecule has 1 heterocycles. The van der Waals surface area contributed by atoms with Gasteiger partial charge in [-0.15, -0.1) is 11.8 Å². The molecule has 38 valence electrons. The number of hydrogen-bond donors (Lipinski definition) is 0. The second-order valence-electron chi connectivity index (χ2n) is 1.48. The molecule has 0 nitrogen and oxygen atoms in total. The highest BCUT2D eigenvalue weighted by molar-refractivity contribution is 8.05. The summed E-state index contributed by atoms with van der Waals surface area (Å²) in [5.74, 6) is 0. The van der Waals surface area contributed by atoms with Crippen LogP contribution in [-0.4, -0.2) is 10.1 Å². The molecular weight excluding hydrogens is 124 g/mol. The SMILES string of the molecule is CC1SC=CC1=S. The molecule has 2 heteroatoms. The average molecular weight is 130 g/mol. The predicted octanol–water partition coefficient (Wildman–Crippen LogP) is 2.01. The third-order valence-electron chi connectivity index (χ3n) is 0.916. The lowest BCUT2D eigenvalue weighted by atomic mass is 10.3. The fourth-order valence-corrected chi connectivity index (χ4v) is 1.42. The number of hydrogen-bond acceptors (Lipinski definition) is 2. The van der Waals surface area contributed by atoms with Crippen LogP contribution >= 0.6 is 24.0 Å². The molecule has 0 fully saturated rings. The summed E-state index contributed by atoms with van der Waals surface area (Å²) < 4.78 is 0. The zero-order chi connectivity index (χ0) is 5.28. The maximum atomic E-state index is 4.93. The topological polar surface area (TPSA) is 0 Å². The Morgan fingerprint density at radius 3 is 2.71 bits per heavy atom. The second kappa shape index (κ2) is 1.97. The van der Waals surface area contributed by atoms with Gasteiger partial charge in [-0.05, 0) is 18.4 Å². The molecular formula is C5H6S2. The zero-order valence-corrected chi connectivity index (χ0v) is 5.68. The Morgan fingerprint density at radius 1 is 1.86 bits per heavy atom. The molecule has 0 saturated heterocycles. The molecule has 0 aromatic heterocycles. The van der Waals surface area contributed by atoms with Crippen molar-refractivity contribution in [2.24, 2.45) is 0 Å². The average Bonchev–Trinajstić information content (AvgIpc) is 1.91. The fraction of sp³-hybridized carbons (Fsp3) is 0.400. The second-order valence-corrected chi connectivity index (χ2v) is 3.21. The summed E-state index contributed by atoms with van der Waals surface area (Å²) in [6, 6.07) is 0. The van der Waals surface area contributed by atoms with Gasteiger partial charge in [0.25, 0.3) is 0 Å². The molecule has 0 aromatic carbocycles. The lowest BCUT2D eigenvalue weighted by Gasteiger charge is -1.94. The monoisotopic (exact) mass is 130 g/mol. The van der Waals surface area contributed by atoms with E-state index in [0.29, 0.717) is 5.25 Å². The van der Waals surface area contributed by atoms with Crippen LogP contribution in [0.2, 0.25) is 0 Å². The molecule has 1 atom stereocenters. The number of thioether (sulfide) groups is 1. The Labute approximate surface area is 53.0 Å². The molecule has 0 N–H and O–H groups in total. The van der Waals surface area contributed by atoms with Crippen molar-refractivity contribution in [1.29, 1.82) is 0 Å². The standard InChI is InChI=1S/C5H6S2/c1-4-5(6)2-3-7-4/h2-4H,1H3. The maximum Gasteiger partial charge on any atom is 0.0412 e. The summed E-state index contributed by atoms with van der Waals surface area (Å²) in [4.78, 5) is 1.07. The minimum absolute atomic E-state index is 0.551. The molecule has 0 aliphatic carbocycles. The molecule has 0 amide bonds. The van der Waals surface area contributed by atoms with E-state index < -0.39 is 0 Å². The smallest absolute Gasteiger partial charge is 0.0412 e. The van der Waals surface area contributed by atoms with Gasteiger partial charge in [0.05, 0.1) is 0 Å². The van der Waals surface area contributed by atoms with E-state index in [4.69, 9.17) is 12.2 Å². The van der Waals surface area contributed by atoms with Crippen LogP contribution in [-0.2, 0) is 0 Å². The van der Waals surface area contributed by atoms with Crippen LogP contribution < -0.4 is 0 Å². The molecule has 0 bridgehead atoms. The normalized spacial score (nSPS) is 29.3. The van der Waals surface area contributed by atoms with Gasteiger partial charge in [0.2, 0.25) is 0 Å². The van der Waals surface area contributed by atoms with E-state index in [-0.39, 0.29) is 0 Å². The summed E-state index contributed by atoms with van der Waals surface area (Å²) in [5.41, 5.74) is 0. The van der Waals surface area contributed by atoms with Crippen molar-refractivity contribution in [3.8, 4) is 0 Å². The van der Waals surface area contributed by atoms with Gasteiger partial charge < -0.3 is 0 Å². The molecule has 0 saturated carbocycles. The molecule has 7 heavy (non-hydrogen) atoms. The van der Waals surface area contributed by atoms with Crippen LogP contribution in [0.3, 0.4) is 0 Å². The Bertz CT molecular complexity index is 115. The third kappa shape index (κ3) is 1.04. The van der Waals surface area contributed by atoms with Gasteiger partial charge in [-0.25, -0.2) is 0 Å². The quantitative estimate of drug-likeness (QED) is 0.460. The predicted molar refractivity (Wildman–Crippen MR) is 38.8 cm³/mol. The molecule has 1 rings (SSSR count). The van der Waals surface area contributed by atoms with Gasteiger partial charge in [-0.2, -0.15) is 0 Å². The minimum atomic E-state index is 0.551. The molecule has 0 spiro atoms. The van der Waals surface area contributed by atoms with Crippen LogP contribution in [0.4, 0.5) is 0 Å². The van der Waals surface area contributed by atoms with Gasteiger partial charge >= 0.3 is 0 Å². The Hall–Kier alpha value is 0.180. The van der Waals surface area contributed by atoms with Gasteiger partial charge in [0.15, 0.2) is 0 Å². The molecule has 1 unspecified atom stereocenters. The van der Waals surface area contributed by atoms with E-state index in [0.717, 1.165) is 4.86 Å². The lowest BCUT2D eigenvalue weighted by molar-refractivity contribution is 1.37. The number of allylic oxidation sites excluding steroid dienone is 1. The van der Waals surface area contributed by atoms with Crippen LogP contribution in [0.5, 0.6) is 0 Å². The highest BCUT2D eigenvalue weighted by atomic mass is 32.2. The first-order chi connectivity index (χ1) is 3.30. The highest BCUT2D eigenvalue weighted by Crippen LogP contribution is 2.20. The Balaban J connectivity index is 2.62. The van der Waals surface area contributed by atoms with E-state index in [1.165, 1.54) is 0 Å².